The van der Waals surface area contributed by atoms with Crippen LogP contribution in [0.5, 0.6) is 0 Å². The molecule has 3 aromatic rings. The number of benzene rings is 1. The predicted molar refractivity (Wildman–Crippen MR) is 85.5 cm³/mol. The van der Waals surface area contributed by atoms with Crippen LogP contribution < -0.4 is 0 Å². The van der Waals surface area contributed by atoms with Crippen molar-refractivity contribution in [2.75, 3.05) is 0 Å². The molecule has 1 N–H and O–H groups in total. The third-order valence-electron chi connectivity index (χ3n) is 2.69. The fraction of sp³-hybridized carbons (Fsp3) is 0. The van der Waals surface area contributed by atoms with E-state index in [0.29, 0.717) is 0 Å². The van der Waals surface area contributed by atoms with E-state index in [1.54, 1.807) is 40.9 Å². The number of hydrogen-bond donors (Lipinski definition) is 1. The second-order valence-electron chi connectivity index (χ2n) is 4.05. The van der Waals surface area contributed by atoms with E-state index in [0.717, 1.165) is 25.6 Å². The molecule has 0 aliphatic carbocycles. The Labute approximate surface area is 131 Å². The van der Waals surface area contributed by atoms with E-state index >= 15 is 0 Å². The van der Waals surface area contributed by atoms with Gasteiger partial charge in [-0.2, -0.15) is 0 Å². The summed E-state index contributed by atoms with van der Waals surface area (Å²) in [4.78, 5) is 16.7. The third-order valence-corrected chi connectivity index (χ3v) is 5.39. The van der Waals surface area contributed by atoms with Crippen LogP contribution in [0, 0.1) is 0 Å². The Morgan fingerprint density at radius 1 is 1.20 bits per heavy atom. The molecule has 0 bridgehead atoms. The highest BCUT2D eigenvalue weighted by Gasteiger charge is 2.10. The highest BCUT2D eigenvalue weighted by atomic mass is 79.9. The molecular weight excluding hydrogens is 358 g/mol. The summed E-state index contributed by atoms with van der Waals surface area (Å²) in [5.74, 6) is -0.926. The van der Waals surface area contributed by atoms with E-state index in [2.05, 4.69) is 20.9 Å². The summed E-state index contributed by atoms with van der Waals surface area (Å²) >= 11 is 6.61. The Morgan fingerprint density at radius 3 is 2.75 bits per heavy atom. The van der Waals surface area contributed by atoms with E-state index in [4.69, 9.17) is 5.11 Å². The zero-order valence-electron chi connectivity index (χ0n) is 10.0. The summed E-state index contributed by atoms with van der Waals surface area (Å²) in [5, 5.41) is 13.9. The highest BCUT2D eigenvalue weighted by Crippen LogP contribution is 2.34. The van der Waals surface area contributed by atoms with Gasteiger partial charge in [0.1, 0.15) is 5.01 Å². The van der Waals surface area contributed by atoms with Crippen LogP contribution in [-0.2, 0) is 0 Å². The number of aromatic carboxylic acids is 1. The first-order valence-corrected chi connectivity index (χ1v) is 8.22. The van der Waals surface area contributed by atoms with Crippen LogP contribution in [0.3, 0.4) is 0 Å². The minimum absolute atomic E-state index is 0.274. The van der Waals surface area contributed by atoms with Crippen LogP contribution in [-0.4, -0.2) is 16.1 Å². The number of thiazole rings is 1. The van der Waals surface area contributed by atoms with Crippen molar-refractivity contribution >= 4 is 44.6 Å². The molecule has 3 rings (SSSR count). The summed E-state index contributed by atoms with van der Waals surface area (Å²) in [6, 6.07) is 8.86. The molecule has 0 aliphatic heterocycles. The number of thiophene rings is 1. The smallest absolute Gasteiger partial charge is 0.335 e. The van der Waals surface area contributed by atoms with Crippen molar-refractivity contribution in [1.82, 2.24) is 4.98 Å². The van der Waals surface area contributed by atoms with Crippen molar-refractivity contribution in [2.45, 2.75) is 0 Å². The Hall–Kier alpha value is -1.50. The van der Waals surface area contributed by atoms with Crippen molar-refractivity contribution < 1.29 is 9.90 Å². The van der Waals surface area contributed by atoms with Crippen LogP contribution in [0.4, 0.5) is 0 Å². The third kappa shape index (κ3) is 2.67. The number of carboxylic acids is 1. The van der Waals surface area contributed by atoms with Crippen LogP contribution in [0.2, 0.25) is 0 Å². The molecule has 20 heavy (non-hydrogen) atoms. The lowest BCUT2D eigenvalue weighted by molar-refractivity contribution is 0.0697. The van der Waals surface area contributed by atoms with Gasteiger partial charge in [-0.25, -0.2) is 9.78 Å². The summed E-state index contributed by atoms with van der Waals surface area (Å²) in [6.07, 6.45) is 0. The molecule has 0 amide bonds. The molecule has 2 heterocycles. The lowest BCUT2D eigenvalue weighted by Crippen LogP contribution is -1.95. The fourth-order valence-electron chi connectivity index (χ4n) is 1.76. The maximum atomic E-state index is 11.0. The van der Waals surface area contributed by atoms with Gasteiger partial charge >= 0.3 is 5.97 Å². The zero-order chi connectivity index (χ0) is 14.1. The molecule has 0 spiro atoms. The summed E-state index contributed by atoms with van der Waals surface area (Å²) < 4.78 is 1.04. The average Bonchev–Trinajstić information content (AvgIpc) is 3.07. The van der Waals surface area contributed by atoms with E-state index in [-0.39, 0.29) is 5.56 Å². The SMILES string of the molecule is O=C(O)c1cccc(-c2csc(-c3cc(Br)cs3)n2)c1. The molecule has 0 unspecified atom stereocenters. The molecular formula is C14H8BrNO2S2. The molecule has 0 radical (unpaired) electrons. The lowest BCUT2D eigenvalue weighted by atomic mass is 10.1. The molecule has 6 heteroatoms. The van der Waals surface area contributed by atoms with Gasteiger partial charge in [0.2, 0.25) is 0 Å². The van der Waals surface area contributed by atoms with Gasteiger partial charge in [0.25, 0.3) is 0 Å². The van der Waals surface area contributed by atoms with Crippen LogP contribution >= 0.6 is 38.6 Å². The zero-order valence-corrected chi connectivity index (χ0v) is 13.3. The highest BCUT2D eigenvalue weighted by molar-refractivity contribution is 9.10. The van der Waals surface area contributed by atoms with Gasteiger partial charge in [-0.3, -0.25) is 0 Å². The first-order valence-electron chi connectivity index (χ1n) is 5.67. The van der Waals surface area contributed by atoms with E-state index in [1.807, 2.05) is 22.9 Å². The van der Waals surface area contributed by atoms with Gasteiger partial charge < -0.3 is 5.11 Å². The summed E-state index contributed by atoms with van der Waals surface area (Å²) in [5.41, 5.74) is 1.90. The number of hydrogen-bond acceptors (Lipinski definition) is 4. The Morgan fingerprint density at radius 2 is 2.05 bits per heavy atom. The average molecular weight is 366 g/mol. The van der Waals surface area contributed by atoms with Crippen molar-refractivity contribution in [1.29, 1.82) is 0 Å². The molecule has 0 saturated heterocycles. The van der Waals surface area contributed by atoms with Crippen LogP contribution in [0.1, 0.15) is 10.4 Å². The van der Waals surface area contributed by atoms with Crippen LogP contribution in [0.15, 0.2) is 45.6 Å². The quantitative estimate of drug-likeness (QED) is 0.710. The largest absolute Gasteiger partial charge is 0.478 e. The first kappa shape index (κ1) is 13.5. The minimum atomic E-state index is -0.926. The van der Waals surface area contributed by atoms with Crippen molar-refractivity contribution in [3.8, 4) is 21.1 Å². The molecule has 0 fully saturated rings. The second-order valence-corrected chi connectivity index (χ2v) is 6.74. The Kier molecular flexibility index (Phi) is 3.69. The van der Waals surface area contributed by atoms with E-state index < -0.39 is 5.97 Å². The number of carbonyl (C=O) groups is 1. The second kappa shape index (κ2) is 5.47. The topological polar surface area (TPSA) is 50.2 Å². The van der Waals surface area contributed by atoms with Crippen LogP contribution in [0.25, 0.3) is 21.1 Å². The predicted octanol–water partition coefficient (Wildman–Crippen LogP) is 5.00. The minimum Gasteiger partial charge on any atom is -0.478 e. The summed E-state index contributed by atoms with van der Waals surface area (Å²) in [6.45, 7) is 0. The molecule has 100 valence electrons. The van der Waals surface area contributed by atoms with E-state index in [9.17, 15) is 4.79 Å². The monoisotopic (exact) mass is 365 g/mol. The molecule has 1 aromatic carbocycles. The maximum absolute atomic E-state index is 11.0. The van der Waals surface area contributed by atoms with Gasteiger partial charge in [0.15, 0.2) is 0 Å². The normalized spacial score (nSPS) is 10.7. The molecule has 0 saturated carbocycles. The standard InChI is InChI=1S/C14H8BrNO2S2/c15-10-5-12(19-6-10)13-16-11(7-20-13)8-2-1-3-9(4-8)14(17)18/h1-7H,(H,17,18). The first-order chi connectivity index (χ1) is 9.63. The molecule has 0 aliphatic rings. The van der Waals surface area contributed by atoms with Gasteiger partial charge in [0, 0.05) is 20.8 Å². The van der Waals surface area contributed by atoms with Gasteiger partial charge in [0.05, 0.1) is 16.1 Å². The van der Waals surface area contributed by atoms with Gasteiger partial charge in [-0.05, 0) is 34.1 Å². The summed E-state index contributed by atoms with van der Waals surface area (Å²) in [7, 11) is 0. The number of rotatable bonds is 3. The number of carboxylic acid groups (broad SMARTS) is 1. The van der Waals surface area contributed by atoms with Crippen molar-refractivity contribution in [3.05, 3.63) is 51.1 Å². The van der Waals surface area contributed by atoms with E-state index in [1.165, 1.54) is 0 Å². The Bertz CT molecular complexity index is 779. The molecule has 3 nitrogen and oxygen atoms in total. The van der Waals surface area contributed by atoms with Gasteiger partial charge in [-0.15, -0.1) is 22.7 Å². The Balaban J connectivity index is 1.98. The molecule has 2 aromatic heterocycles. The lowest BCUT2D eigenvalue weighted by Gasteiger charge is -1.98. The number of aromatic nitrogens is 1. The number of nitrogens with zero attached hydrogens (tertiary/aromatic N) is 1. The van der Waals surface area contributed by atoms with Gasteiger partial charge in [-0.1, -0.05) is 12.1 Å². The van der Waals surface area contributed by atoms with Crippen molar-refractivity contribution in [2.24, 2.45) is 0 Å². The number of halogens is 1. The maximum Gasteiger partial charge on any atom is 0.335 e. The van der Waals surface area contributed by atoms with Crippen molar-refractivity contribution in [3.63, 3.8) is 0 Å². The molecule has 0 atom stereocenters. The fourth-order valence-corrected chi connectivity index (χ4v) is 4.09.